The molecule has 1 aromatic heterocycles. The molecule has 0 aliphatic carbocycles. The molecule has 3 aromatic rings. The number of hydrogen-bond donors (Lipinski definition) is 1. The minimum absolute atomic E-state index is 0.0327. The van der Waals surface area contributed by atoms with Crippen molar-refractivity contribution in [1.29, 1.82) is 0 Å². The Labute approximate surface area is 154 Å². The number of rotatable bonds is 3. The van der Waals surface area contributed by atoms with Gasteiger partial charge >= 0.3 is 0 Å². The Kier molecular flexibility index (Phi) is 4.41. The van der Waals surface area contributed by atoms with Crippen molar-refractivity contribution in [2.45, 2.75) is 19.3 Å². The Hall–Kier alpha value is -2.75. The molecule has 2 aromatic carbocycles. The van der Waals surface area contributed by atoms with E-state index in [0.29, 0.717) is 0 Å². The van der Waals surface area contributed by atoms with Gasteiger partial charge in [0.2, 0.25) is 0 Å². The van der Waals surface area contributed by atoms with Crippen LogP contribution >= 0.6 is 0 Å². The molecule has 0 unspecified atom stereocenters. The first-order chi connectivity index (χ1) is 12.6. The van der Waals surface area contributed by atoms with Crippen LogP contribution in [0.4, 0.5) is 11.4 Å². The normalized spacial score (nSPS) is 14.6. The molecule has 4 nitrogen and oxygen atoms in total. The fraction of sp³-hybridized carbons (Fsp3) is 0.318. The van der Waals surface area contributed by atoms with Gasteiger partial charge in [-0.1, -0.05) is 24.3 Å². The minimum atomic E-state index is -0.0327. The van der Waals surface area contributed by atoms with Gasteiger partial charge in [0.05, 0.1) is 5.69 Å². The summed E-state index contributed by atoms with van der Waals surface area (Å²) in [5, 5.41) is 1.71. The molecule has 1 N–H and O–H groups in total. The lowest BCUT2D eigenvalue weighted by atomic mass is 10.0. The van der Waals surface area contributed by atoms with Gasteiger partial charge in [-0.15, -0.1) is 0 Å². The first kappa shape index (κ1) is 16.7. The Balaban J connectivity index is 1.83. The van der Waals surface area contributed by atoms with E-state index in [1.807, 2.05) is 37.2 Å². The van der Waals surface area contributed by atoms with Crippen molar-refractivity contribution in [1.82, 2.24) is 4.98 Å². The molecule has 0 saturated carbocycles. The highest BCUT2D eigenvalue weighted by Gasteiger charge is 2.16. The molecule has 1 fully saturated rings. The first-order valence-corrected chi connectivity index (χ1v) is 9.32. The second kappa shape index (κ2) is 6.87. The van der Waals surface area contributed by atoms with Gasteiger partial charge < -0.3 is 14.8 Å². The molecule has 0 radical (unpaired) electrons. The van der Waals surface area contributed by atoms with Crippen LogP contribution < -0.4 is 15.4 Å². The Morgan fingerprint density at radius 2 is 1.73 bits per heavy atom. The third kappa shape index (κ3) is 3.07. The highest BCUT2D eigenvalue weighted by molar-refractivity contribution is 5.89. The quantitative estimate of drug-likeness (QED) is 0.770. The fourth-order valence-corrected chi connectivity index (χ4v) is 3.78. The molecule has 2 heterocycles. The number of nitrogens with one attached hydrogen (secondary N) is 1. The van der Waals surface area contributed by atoms with Crippen LogP contribution in [-0.4, -0.2) is 32.2 Å². The Morgan fingerprint density at radius 3 is 2.50 bits per heavy atom. The van der Waals surface area contributed by atoms with Crippen molar-refractivity contribution < 1.29 is 0 Å². The molecule has 0 bridgehead atoms. The zero-order valence-electron chi connectivity index (χ0n) is 15.5. The van der Waals surface area contributed by atoms with Crippen molar-refractivity contribution in [3.8, 4) is 11.3 Å². The summed E-state index contributed by atoms with van der Waals surface area (Å²) < 4.78 is 0. The first-order valence-electron chi connectivity index (χ1n) is 9.32. The average Bonchev–Trinajstić information content (AvgIpc) is 2.68. The molecule has 4 rings (SSSR count). The highest BCUT2D eigenvalue weighted by atomic mass is 16.1. The molecule has 1 aliphatic heterocycles. The maximum atomic E-state index is 12.7. The lowest BCUT2D eigenvalue weighted by Crippen LogP contribution is -2.29. The van der Waals surface area contributed by atoms with Gasteiger partial charge in [-0.05, 0) is 48.9 Å². The number of pyridine rings is 1. The van der Waals surface area contributed by atoms with E-state index in [1.54, 1.807) is 0 Å². The summed E-state index contributed by atoms with van der Waals surface area (Å²) in [6.07, 6.45) is 3.77. The summed E-state index contributed by atoms with van der Waals surface area (Å²) in [6.45, 7) is 2.17. The molecule has 0 spiro atoms. The third-order valence-electron chi connectivity index (χ3n) is 5.24. The number of para-hydroxylation sites is 1. The number of benzene rings is 2. The summed E-state index contributed by atoms with van der Waals surface area (Å²) in [5.41, 5.74) is 4.21. The predicted octanol–water partition coefficient (Wildman–Crippen LogP) is 4.25. The van der Waals surface area contributed by atoms with Crippen molar-refractivity contribution >= 4 is 22.1 Å². The fourth-order valence-electron chi connectivity index (χ4n) is 3.78. The van der Waals surface area contributed by atoms with Crippen molar-refractivity contribution in [3.05, 3.63) is 58.9 Å². The van der Waals surface area contributed by atoms with Crippen LogP contribution in [0.2, 0.25) is 0 Å². The SMILES string of the molecule is CN(C)c1ccc2cc(-c3ccccc3N3CCCCC3)[nH]c(=O)c2c1. The largest absolute Gasteiger partial charge is 0.378 e. The van der Waals surface area contributed by atoms with E-state index >= 15 is 0 Å². The number of fused-ring (bicyclic) bond motifs is 1. The Morgan fingerprint density at radius 1 is 0.962 bits per heavy atom. The molecular formula is C22H25N3O. The number of hydrogen-bond acceptors (Lipinski definition) is 3. The van der Waals surface area contributed by atoms with Crippen LogP contribution in [0, 0.1) is 0 Å². The standard InChI is InChI=1S/C22H25N3O/c1-24(2)17-11-10-16-14-20(23-22(26)19(16)15-17)18-8-4-5-9-21(18)25-12-6-3-7-13-25/h4-5,8-11,14-15H,3,6-7,12-13H2,1-2H3,(H,23,26). The van der Waals surface area contributed by atoms with Gasteiger partial charge in [-0.2, -0.15) is 0 Å². The van der Waals surface area contributed by atoms with Gasteiger partial charge in [0.25, 0.3) is 5.56 Å². The minimum Gasteiger partial charge on any atom is -0.378 e. The molecule has 4 heteroatoms. The molecular weight excluding hydrogens is 322 g/mol. The number of aromatic amines is 1. The second-order valence-corrected chi connectivity index (χ2v) is 7.24. The van der Waals surface area contributed by atoms with E-state index < -0.39 is 0 Å². The Bertz CT molecular complexity index is 984. The van der Waals surface area contributed by atoms with Crippen LogP contribution in [0.1, 0.15) is 19.3 Å². The lowest BCUT2D eigenvalue weighted by Gasteiger charge is -2.30. The van der Waals surface area contributed by atoms with Crippen molar-refractivity contribution in [3.63, 3.8) is 0 Å². The second-order valence-electron chi connectivity index (χ2n) is 7.24. The zero-order valence-corrected chi connectivity index (χ0v) is 15.5. The number of H-pyrrole nitrogens is 1. The van der Waals surface area contributed by atoms with Crippen LogP contribution in [0.5, 0.6) is 0 Å². The molecule has 0 atom stereocenters. The van der Waals surface area contributed by atoms with Crippen molar-refractivity contribution in [2.24, 2.45) is 0 Å². The lowest BCUT2D eigenvalue weighted by molar-refractivity contribution is 0.578. The number of aromatic nitrogens is 1. The van der Waals surface area contributed by atoms with E-state index in [2.05, 4.69) is 40.2 Å². The van der Waals surface area contributed by atoms with Gasteiger partial charge in [-0.25, -0.2) is 0 Å². The van der Waals surface area contributed by atoms with Gasteiger partial charge in [0.15, 0.2) is 0 Å². The van der Waals surface area contributed by atoms with E-state index in [0.717, 1.165) is 40.8 Å². The van der Waals surface area contributed by atoms with E-state index in [4.69, 9.17) is 0 Å². The van der Waals surface area contributed by atoms with Crippen LogP contribution in [0.15, 0.2) is 53.3 Å². The molecule has 26 heavy (non-hydrogen) atoms. The summed E-state index contributed by atoms with van der Waals surface area (Å²) in [7, 11) is 3.97. The number of nitrogens with zero attached hydrogens (tertiary/aromatic N) is 2. The average molecular weight is 347 g/mol. The van der Waals surface area contributed by atoms with Gasteiger partial charge in [-0.3, -0.25) is 4.79 Å². The predicted molar refractivity (Wildman–Crippen MR) is 110 cm³/mol. The maximum absolute atomic E-state index is 12.7. The van der Waals surface area contributed by atoms with Crippen LogP contribution in [0.3, 0.4) is 0 Å². The zero-order chi connectivity index (χ0) is 18.1. The molecule has 0 amide bonds. The third-order valence-corrected chi connectivity index (χ3v) is 5.24. The molecule has 1 aliphatic rings. The maximum Gasteiger partial charge on any atom is 0.256 e. The summed E-state index contributed by atoms with van der Waals surface area (Å²) in [4.78, 5) is 20.3. The molecule has 134 valence electrons. The number of piperidine rings is 1. The van der Waals surface area contributed by atoms with Gasteiger partial charge in [0, 0.05) is 49.5 Å². The number of anilines is 2. The topological polar surface area (TPSA) is 39.3 Å². The monoisotopic (exact) mass is 347 g/mol. The smallest absolute Gasteiger partial charge is 0.256 e. The highest BCUT2D eigenvalue weighted by Crippen LogP contribution is 2.32. The van der Waals surface area contributed by atoms with Gasteiger partial charge in [0.1, 0.15) is 0 Å². The summed E-state index contributed by atoms with van der Waals surface area (Å²) >= 11 is 0. The molecule has 1 saturated heterocycles. The van der Waals surface area contributed by atoms with E-state index in [1.165, 1.54) is 24.9 Å². The van der Waals surface area contributed by atoms with Crippen LogP contribution in [-0.2, 0) is 0 Å². The van der Waals surface area contributed by atoms with Crippen molar-refractivity contribution in [2.75, 3.05) is 37.0 Å². The van der Waals surface area contributed by atoms with E-state index in [-0.39, 0.29) is 5.56 Å². The summed E-state index contributed by atoms with van der Waals surface area (Å²) in [6, 6.07) is 16.5. The van der Waals surface area contributed by atoms with Crippen LogP contribution in [0.25, 0.3) is 22.0 Å². The summed E-state index contributed by atoms with van der Waals surface area (Å²) in [5.74, 6) is 0. The van der Waals surface area contributed by atoms with E-state index in [9.17, 15) is 4.79 Å².